The minimum atomic E-state index is -0.780. The Morgan fingerprint density at radius 2 is 0.500 bits per heavy atom. The number of carbonyl (C=O) groups excluding carboxylic acids is 2. The second kappa shape index (κ2) is 69.3. The molecule has 0 amide bonds. The molecule has 0 aliphatic rings. The van der Waals surface area contributed by atoms with E-state index in [1.807, 2.05) is 0 Å². The van der Waals surface area contributed by atoms with E-state index in [9.17, 15) is 14.7 Å². The maximum Gasteiger partial charge on any atom is 0.306 e. The van der Waals surface area contributed by atoms with Crippen molar-refractivity contribution in [2.45, 2.75) is 315 Å². The molecule has 0 saturated carbocycles. The third-order valence-electron chi connectivity index (χ3n) is 14.4. The second-order valence-corrected chi connectivity index (χ2v) is 22.1. The Labute approximate surface area is 496 Å². The Hall–Kier alpha value is -3.96. The van der Waals surface area contributed by atoms with Crippen LogP contribution in [0.4, 0.5) is 0 Å². The maximum absolute atomic E-state index is 12.4. The van der Waals surface area contributed by atoms with Crippen molar-refractivity contribution in [3.8, 4) is 0 Å². The van der Waals surface area contributed by atoms with Gasteiger partial charge >= 0.3 is 11.9 Å². The number of hydrogen-bond acceptors (Lipinski definition) is 5. The average Bonchev–Trinajstić information content (AvgIpc) is 3.46. The first-order valence-corrected chi connectivity index (χ1v) is 33.7. The molecule has 0 aliphatic carbocycles. The summed E-state index contributed by atoms with van der Waals surface area (Å²) in [4.78, 5) is 24.6. The van der Waals surface area contributed by atoms with Crippen molar-refractivity contribution >= 4 is 11.9 Å². The van der Waals surface area contributed by atoms with Gasteiger partial charge in [-0.05, 0) is 109 Å². The van der Waals surface area contributed by atoms with Crippen LogP contribution in [-0.2, 0) is 19.1 Å². The number of aliphatic hydroxyl groups excluding tert-OH is 1. The van der Waals surface area contributed by atoms with E-state index in [4.69, 9.17) is 9.47 Å². The quantitative estimate of drug-likeness (QED) is 0.0373. The number of ether oxygens (including phenoxy) is 2. The van der Waals surface area contributed by atoms with E-state index in [2.05, 4.69) is 148 Å². The zero-order valence-corrected chi connectivity index (χ0v) is 52.3. The topological polar surface area (TPSA) is 72.8 Å². The molecular weight excluding hydrogens is 981 g/mol. The number of hydrogen-bond donors (Lipinski definition) is 1. The number of esters is 2. The lowest BCUT2D eigenvalue weighted by Crippen LogP contribution is -2.28. The standard InChI is InChI=1S/C75H126O5/c1-3-5-7-9-11-13-15-17-19-21-23-25-27-29-31-33-34-35-36-37-38-39-40-42-44-46-48-50-52-54-56-58-60-62-64-66-68-70-75(78)80-73(71-76)72-79-74(77)69-67-65-63-61-59-57-55-53-51-49-47-45-43-41-32-30-28-26-24-22-20-18-16-14-12-10-8-6-4-2/h5-8,11-14,17-20,23-26,29-32,34-35,73,76H,3-4,9-10,15-16,21-22,27-28,33,36-72H2,1-2H3/b7-5-,8-6-,13-11-,14-12-,19-17-,20-18-,25-23-,26-24-,31-29-,32-30-,35-34-. The molecule has 0 fully saturated rings. The largest absolute Gasteiger partial charge is 0.462 e. The lowest BCUT2D eigenvalue weighted by Gasteiger charge is -2.15. The van der Waals surface area contributed by atoms with Crippen LogP contribution in [0.2, 0.25) is 0 Å². The van der Waals surface area contributed by atoms with Crippen LogP contribution < -0.4 is 0 Å². The van der Waals surface area contributed by atoms with E-state index in [1.54, 1.807) is 0 Å². The van der Waals surface area contributed by atoms with Crippen LogP contribution in [0.25, 0.3) is 0 Å². The van der Waals surface area contributed by atoms with Gasteiger partial charge in [0.15, 0.2) is 6.10 Å². The van der Waals surface area contributed by atoms with Gasteiger partial charge in [-0.1, -0.05) is 321 Å². The fourth-order valence-corrected chi connectivity index (χ4v) is 9.47. The SMILES string of the molecule is CC/C=C\C/C=C\C/C=C\C/C=C\C/C=C\C/C=C\CCCCCCCCCCCCCCCCCCCCC(=O)OC(CO)COC(=O)CCCCCCCCCCCCCCC/C=C\C/C=C\C/C=C\C/C=C\C/C=C\CC. The van der Waals surface area contributed by atoms with Gasteiger partial charge in [0.05, 0.1) is 6.61 Å². The van der Waals surface area contributed by atoms with Crippen LogP contribution in [0.15, 0.2) is 134 Å². The Kier molecular flexibility index (Phi) is 65.9. The molecule has 80 heavy (non-hydrogen) atoms. The van der Waals surface area contributed by atoms with Gasteiger partial charge in [0.25, 0.3) is 0 Å². The number of aliphatic hydroxyl groups is 1. The number of carbonyl (C=O) groups is 2. The number of rotatable bonds is 61. The molecule has 0 radical (unpaired) electrons. The van der Waals surface area contributed by atoms with E-state index in [-0.39, 0.29) is 25.2 Å². The molecule has 0 aromatic carbocycles. The van der Waals surface area contributed by atoms with Gasteiger partial charge in [0, 0.05) is 12.8 Å². The average molecular weight is 1110 g/mol. The first-order chi connectivity index (χ1) is 39.6. The second-order valence-electron chi connectivity index (χ2n) is 22.1. The molecule has 1 N–H and O–H groups in total. The summed E-state index contributed by atoms with van der Waals surface area (Å²) < 4.78 is 10.8. The Balaban J connectivity index is 3.47. The highest BCUT2D eigenvalue weighted by Gasteiger charge is 2.16. The van der Waals surface area contributed by atoms with Gasteiger partial charge in [0.2, 0.25) is 0 Å². The van der Waals surface area contributed by atoms with Gasteiger partial charge in [0.1, 0.15) is 6.61 Å². The van der Waals surface area contributed by atoms with E-state index in [1.165, 1.54) is 173 Å². The molecule has 0 aliphatic heterocycles. The molecular formula is C75H126O5. The van der Waals surface area contributed by atoms with Crippen LogP contribution in [0, 0.1) is 0 Å². The molecule has 0 saturated heterocycles. The minimum absolute atomic E-state index is 0.0695. The molecule has 0 bridgehead atoms. The van der Waals surface area contributed by atoms with Crippen molar-refractivity contribution < 1.29 is 24.2 Å². The molecule has 0 aromatic heterocycles. The lowest BCUT2D eigenvalue weighted by molar-refractivity contribution is -0.161. The zero-order valence-electron chi connectivity index (χ0n) is 52.3. The maximum atomic E-state index is 12.4. The van der Waals surface area contributed by atoms with Crippen LogP contribution in [0.1, 0.15) is 309 Å². The van der Waals surface area contributed by atoms with E-state index >= 15 is 0 Å². The summed E-state index contributed by atoms with van der Waals surface area (Å²) >= 11 is 0. The van der Waals surface area contributed by atoms with Gasteiger partial charge in [-0.15, -0.1) is 0 Å². The Morgan fingerprint density at radius 1 is 0.287 bits per heavy atom. The molecule has 456 valence electrons. The summed E-state index contributed by atoms with van der Waals surface area (Å²) in [7, 11) is 0. The van der Waals surface area contributed by atoms with Crippen LogP contribution in [0.3, 0.4) is 0 Å². The van der Waals surface area contributed by atoms with Crippen molar-refractivity contribution in [1.82, 2.24) is 0 Å². The predicted octanol–water partition coefficient (Wildman–Crippen LogP) is 23.5. The van der Waals surface area contributed by atoms with Crippen LogP contribution in [-0.4, -0.2) is 36.4 Å². The number of allylic oxidation sites excluding steroid dienone is 22. The third kappa shape index (κ3) is 66.6. The predicted molar refractivity (Wildman–Crippen MR) is 352 cm³/mol. The zero-order chi connectivity index (χ0) is 57.6. The van der Waals surface area contributed by atoms with Gasteiger partial charge < -0.3 is 14.6 Å². The minimum Gasteiger partial charge on any atom is -0.462 e. The summed E-state index contributed by atoms with van der Waals surface area (Å²) in [6, 6.07) is 0. The van der Waals surface area contributed by atoms with Crippen LogP contribution >= 0.6 is 0 Å². The van der Waals surface area contributed by atoms with Gasteiger partial charge in [-0.25, -0.2) is 0 Å². The normalized spacial score (nSPS) is 13.1. The van der Waals surface area contributed by atoms with Crippen molar-refractivity contribution in [1.29, 1.82) is 0 Å². The first kappa shape index (κ1) is 76.0. The summed E-state index contributed by atoms with van der Waals surface area (Å²) in [5.74, 6) is -0.586. The fourth-order valence-electron chi connectivity index (χ4n) is 9.47. The Morgan fingerprint density at radius 3 is 0.750 bits per heavy atom. The third-order valence-corrected chi connectivity index (χ3v) is 14.4. The summed E-state index contributed by atoms with van der Waals surface area (Å²) in [6.07, 6.45) is 103. The molecule has 1 unspecified atom stereocenters. The van der Waals surface area contributed by atoms with Crippen molar-refractivity contribution in [3.05, 3.63) is 134 Å². The summed E-state index contributed by atoms with van der Waals surface area (Å²) in [6.45, 7) is 3.93. The highest BCUT2D eigenvalue weighted by Crippen LogP contribution is 2.17. The smallest absolute Gasteiger partial charge is 0.306 e. The van der Waals surface area contributed by atoms with Crippen molar-refractivity contribution in [2.24, 2.45) is 0 Å². The number of unbranched alkanes of at least 4 members (excludes halogenated alkanes) is 31. The monoisotopic (exact) mass is 1110 g/mol. The molecule has 0 spiro atoms. The molecule has 0 rings (SSSR count). The van der Waals surface area contributed by atoms with E-state index < -0.39 is 6.10 Å². The lowest BCUT2D eigenvalue weighted by atomic mass is 10.0. The molecule has 0 aromatic rings. The Bertz CT molecular complexity index is 1630. The van der Waals surface area contributed by atoms with Gasteiger partial charge in [-0.2, -0.15) is 0 Å². The van der Waals surface area contributed by atoms with Crippen molar-refractivity contribution in [2.75, 3.05) is 13.2 Å². The fraction of sp³-hybridized carbons (Fsp3) is 0.680. The highest BCUT2D eigenvalue weighted by molar-refractivity contribution is 5.70. The molecule has 5 nitrogen and oxygen atoms in total. The molecule has 5 heteroatoms. The van der Waals surface area contributed by atoms with E-state index in [0.717, 1.165) is 109 Å². The highest BCUT2D eigenvalue weighted by atomic mass is 16.6. The molecule has 1 atom stereocenters. The van der Waals surface area contributed by atoms with E-state index in [0.29, 0.717) is 12.8 Å². The van der Waals surface area contributed by atoms with Gasteiger partial charge in [-0.3, -0.25) is 9.59 Å². The van der Waals surface area contributed by atoms with Crippen LogP contribution in [0.5, 0.6) is 0 Å². The van der Waals surface area contributed by atoms with Crippen molar-refractivity contribution in [3.63, 3.8) is 0 Å². The molecule has 0 heterocycles. The first-order valence-electron chi connectivity index (χ1n) is 33.7. The summed E-state index contributed by atoms with van der Waals surface area (Å²) in [5.41, 5.74) is 0. The summed E-state index contributed by atoms with van der Waals surface area (Å²) in [5, 5.41) is 9.70.